The number of nitriles is 1. The van der Waals surface area contributed by atoms with Crippen LogP contribution in [0, 0.1) is 18.3 Å². The second-order valence-corrected chi connectivity index (χ2v) is 3.66. The lowest BCUT2D eigenvalue weighted by Gasteiger charge is -2.10. The lowest BCUT2D eigenvalue weighted by Crippen LogP contribution is -2.01. The smallest absolute Gasteiger partial charge is 0.0994 e. The first kappa shape index (κ1) is 11.7. The van der Waals surface area contributed by atoms with Crippen LogP contribution in [0.25, 0.3) is 0 Å². The van der Waals surface area contributed by atoms with Gasteiger partial charge in [-0.15, -0.1) is 0 Å². The highest BCUT2D eigenvalue weighted by molar-refractivity contribution is 5.42. The summed E-state index contributed by atoms with van der Waals surface area (Å²) in [5.74, 6) is -0.146. The Labute approximate surface area is 91.2 Å². The van der Waals surface area contributed by atoms with Crippen LogP contribution in [0.5, 0.6) is 0 Å². The van der Waals surface area contributed by atoms with Gasteiger partial charge in [0.1, 0.15) is 0 Å². The maximum atomic E-state index is 8.99. The lowest BCUT2D eigenvalue weighted by atomic mass is 9.95. The van der Waals surface area contributed by atoms with E-state index in [0.29, 0.717) is 5.56 Å². The summed E-state index contributed by atoms with van der Waals surface area (Å²) in [5.41, 5.74) is 2.71. The molecule has 1 rings (SSSR count). The number of rotatable bonds is 4. The number of benzene rings is 1. The molecule has 2 heteroatoms. The second kappa shape index (κ2) is 5.53. The summed E-state index contributed by atoms with van der Waals surface area (Å²) in [5, 5.41) is 18.0. The topological polar surface area (TPSA) is 44.0 Å². The van der Waals surface area contributed by atoms with Gasteiger partial charge >= 0.3 is 0 Å². The summed E-state index contributed by atoms with van der Waals surface area (Å²) in [6.45, 7) is 5.92. The van der Waals surface area contributed by atoms with E-state index in [4.69, 9.17) is 10.4 Å². The van der Waals surface area contributed by atoms with Crippen molar-refractivity contribution in [1.82, 2.24) is 0 Å². The molecule has 0 bridgehead atoms. The van der Waals surface area contributed by atoms with Crippen molar-refractivity contribution in [2.75, 3.05) is 6.61 Å². The van der Waals surface area contributed by atoms with Crippen LogP contribution in [0.1, 0.15) is 36.0 Å². The molecule has 0 aliphatic rings. The summed E-state index contributed by atoms with van der Waals surface area (Å²) in [4.78, 5) is 0. The SMILES string of the molecule is [CH2]C(CO)c1ccc(CCC)c(C#N)c1. The molecule has 0 saturated carbocycles. The molecular formula is C13H16NO. The zero-order chi connectivity index (χ0) is 11.3. The Bertz CT molecular complexity index is 365. The first-order chi connectivity index (χ1) is 7.22. The van der Waals surface area contributed by atoms with E-state index < -0.39 is 0 Å². The van der Waals surface area contributed by atoms with Gasteiger partial charge in [-0.1, -0.05) is 25.5 Å². The van der Waals surface area contributed by atoms with Gasteiger partial charge in [-0.05, 0) is 30.5 Å². The van der Waals surface area contributed by atoms with Crippen molar-refractivity contribution in [3.63, 3.8) is 0 Å². The van der Waals surface area contributed by atoms with Crippen LogP contribution >= 0.6 is 0 Å². The van der Waals surface area contributed by atoms with Crippen molar-refractivity contribution < 1.29 is 5.11 Å². The average molecular weight is 202 g/mol. The van der Waals surface area contributed by atoms with Crippen LogP contribution in [-0.4, -0.2) is 11.7 Å². The number of aryl methyl sites for hydroxylation is 1. The van der Waals surface area contributed by atoms with E-state index in [0.717, 1.165) is 24.0 Å². The predicted molar refractivity (Wildman–Crippen MR) is 60.3 cm³/mol. The van der Waals surface area contributed by atoms with Gasteiger partial charge in [0.25, 0.3) is 0 Å². The summed E-state index contributed by atoms with van der Waals surface area (Å²) in [6, 6.07) is 7.93. The molecule has 15 heavy (non-hydrogen) atoms. The van der Waals surface area contributed by atoms with Gasteiger partial charge in [-0.25, -0.2) is 0 Å². The van der Waals surface area contributed by atoms with E-state index >= 15 is 0 Å². The molecule has 1 radical (unpaired) electrons. The van der Waals surface area contributed by atoms with E-state index in [1.807, 2.05) is 18.2 Å². The van der Waals surface area contributed by atoms with Gasteiger partial charge in [0.15, 0.2) is 0 Å². The van der Waals surface area contributed by atoms with E-state index in [9.17, 15) is 0 Å². The molecule has 1 N–H and O–H groups in total. The third-order valence-corrected chi connectivity index (χ3v) is 2.47. The monoisotopic (exact) mass is 202 g/mol. The van der Waals surface area contributed by atoms with Crippen molar-refractivity contribution in [2.45, 2.75) is 25.7 Å². The molecule has 0 aliphatic heterocycles. The highest BCUT2D eigenvalue weighted by atomic mass is 16.3. The predicted octanol–water partition coefficient (Wildman–Crippen LogP) is 2.42. The Kier molecular flexibility index (Phi) is 4.33. The van der Waals surface area contributed by atoms with Crippen LogP contribution in [0.15, 0.2) is 18.2 Å². The number of nitrogens with zero attached hydrogens (tertiary/aromatic N) is 1. The molecule has 1 aromatic carbocycles. The standard InChI is InChI=1S/C13H16NO/c1-3-4-11-5-6-12(10(2)9-15)7-13(11)8-14/h5-7,10,15H,2-4,9H2,1H3. The van der Waals surface area contributed by atoms with Crippen LogP contribution in [0.3, 0.4) is 0 Å². The van der Waals surface area contributed by atoms with Gasteiger partial charge in [-0.3, -0.25) is 0 Å². The highest BCUT2D eigenvalue weighted by Gasteiger charge is 2.07. The molecule has 2 nitrogen and oxygen atoms in total. The zero-order valence-corrected chi connectivity index (χ0v) is 9.03. The zero-order valence-electron chi connectivity index (χ0n) is 9.03. The van der Waals surface area contributed by atoms with Crippen molar-refractivity contribution in [2.24, 2.45) is 0 Å². The van der Waals surface area contributed by atoms with Crippen LogP contribution < -0.4 is 0 Å². The fraction of sp³-hybridized carbons (Fsp3) is 0.385. The minimum absolute atomic E-state index is 0.0119. The Morgan fingerprint density at radius 1 is 1.53 bits per heavy atom. The lowest BCUT2D eigenvalue weighted by molar-refractivity contribution is 0.282. The molecule has 0 aliphatic carbocycles. The fourth-order valence-electron chi connectivity index (χ4n) is 1.54. The van der Waals surface area contributed by atoms with E-state index in [1.165, 1.54) is 0 Å². The third-order valence-electron chi connectivity index (χ3n) is 2.47. The fourth-order valence-corrected chi connectivity index (χ4v) is 1.54. The van der Waals surface area contributed by atoms with Crippen molar-refractivity contribution >= 4 is 0 Å². The van der Waals surface area contributed by atoms with Crippen LogP contribution in [-0.2, 0) is 6.42 Å². The van der Waals surface area contributed by atoms with Crippen LogP contribution in [0.4, 0.5) is 0 Å². The first-order valence-electron chi connectivity index (χ1n) is 5.19. The molecule has 1 aromatic rings. The number of aliphatic hydroxyl groups is 1. The molecule has 0 spiro atoms. The normalized spacial score (nSPS) is 12.1. The number of hydrogen-bond acceptors (Lipinski definition) is 2. The summed E-state index contributed by atoms with van der Waals surface area (Å²) < 4.78 is 0. The first-order valence-corrected chi connectivity index (χ1v) is 5.19. The van der Waals surface area contributed by atoms with Crippen molar-refractivity contribution in [3.05, 3.63) is 41.8 Å². The van der Waals surface area contributed by atoms with E-state index in [2.05, 4.69) is 19.9 Å². The summed E-state index contributed by atoms with van der Waals surface area (Å²) in [7, 11) is 0. The molecule has 0 aromatic heterocycles. The molecule has 0 heterocycles. The minimum Gasteiger partial charge on any atom is -0.396 e. The maximum Gasteiger partial charge on any atom is 0.0994 e. The minimum atomic E-state index is -0.146. The maximum absolute atomic E-state index is 8.99. The second-order valence-electron chi connectivity index (χ2n) is 3.66. The molecule has 1 unspecified atom stereocenters. The summed E-state index contributed by atoms with van der Waals surface area (Å²) >= 11 is 0. The van der Waals surface area contributed by atoms with Gasteiger partial charge in [0, 0.05) is 12.5 Å². The van der Waals surface area contributed by atoms with Gasteiger partial charge < -0.3 is 5.11 Å². The van der Waals surface area contributed by atoms with Gasteiger partial charge in [0.2, 0.25) is 0 Å². The molecule has 79 valence electrons. The Morgan fingerprint density at radius 3 is 2.80 bits per heavy atom. The molecule has 1 atom stereocenters. The molecular weight excluding hydrogens is 186 g/mol. The summed E-state index contributed by atoms with van der Waals surface area (Å²) in [6.07, 6.45) is 1.95. The average Bonchev–Trinajstić information content (AvgIpc) is 2.29. The van der Waals surface area contributed by atoms with Crippen molar-refractivity contribution in [3.8, 4) is 6.07 Å². The van der Waals surface area contributed by atoms with E-state index in [-0.39, 0.29) is 12.5 Å². The van der Waals surface area contributed by atoms with Crippen molar-refractivity contribution in [1.29, 1.82) is 5.26 Å². The third kappa shape index (κ3) is 2.81. The molecule has 0 fully saturated rings. The highest BCUT2D eigenvalue weighted by Crippen LogP contribution is 2.19. The largest absolute Gasteiger partial charge is 0.396 e. The Morgan fingerprint density at radius 2 is 2.27 bits per heavy atom. The Balaban J connectivity index is 3.03. The molecule has 0 saturated heterocycles. The number of aliphatic hydroxyl groups excluding tert-OH is 1. The quantitative estimate of drug-likeness (QED) is 0.814. The Hall–Kier alpha value is -1.33. The molecule has 0 amide bonds. The van der Waals surface area contributed by atoms with Gasteiger partial charge in [0.05, 0.1) is 11.6 Å². The van der Waals surface area contributed by atoms with E-state index in [1.54, 1.807) is 0 Å². The van der Waals surface area contributed by atoms with Crippen LogP contribution in [0.2, 0.25) is 0 Å². The van der Waals surface area contributed by atoms with Gasteiger partial charge in [-0.2, -0.15) is 5.26 Å². The number of hydrogen-bond donors (Lipinski definition) is 1.